The molecule has 72 valence electrons. The van der Waals surface area contributed by atoms with Gasteiger partial charge in [0.2, 0.25) is 9.05 Å². The summed E-state index contributed by atoms with van der Waals surface area (Å²) in [5.74, 6) is -0.0714. The predicted molar refractivity (Wildman–Crippen MR) is 47.8 cm³/mol. The summed E-state index contributed by atoms with van der Waals surface area (Å²) >= 11 is 0. The van der Waals surface area contributed by atoms with Gasteiger partial charge in [0.15, 0.2) is 0 Å². The molecule has 5 heteroatoms. The molecule has 1 unspecified atom stereocenters. The standard InChI is InChI=1S/C7H13ClO3S/c1-7(2)3-6(11-5-7)4-12(8,9)10/h6H,3-5H2,1-2H3. The van der Waals surface area contributed by atoms with Crippen molar-refractivity contribution in [1.82, 2.24) is 0 Å². The average Bonchev–Trinajstić information content (AvgIpc) is 2.05. The average molecular weight is 213 g/mol. The van der Waals surface area contributed by atoms with E-state index in [1.165, 1.54) is 0 Å². The van der Waals surface area contributed by atoms with Crippen LogP contribution in [0.2, 0.25) is 0 Å². The van der Waals surface area contributed by atoms with Gasteiger partial charge in [-0.25, -0.2) is 8.42 Å². The molecule has 3 nitrogen and oxygen atoms in total. The molecule has 0 N–H and O–H groups in total. The van der Waals surface area contributed by atoms with E-state index < -0.39 is 9.05 Å². The van der Waals surface area contributed by atoms with Crippen LogP contribution in [0, 0.1) is 5.41 Å². The predicted octanol–water partition coefficient (Wildman–Crippen LogP) is 1.37. The number of rotatable bonds is 2. The van der Waals surface area contributed by atoms with Crippen LogP contribution in [0.15, 0.2) is 0 Å². The molecule has 1 atom stereocenters. The van der Waals surface area contributed by atoms with Gasteiger partial charge in [-0.3, -0.25) is 0 Å². The SMILES string of the molecule is CC1(C)COC(CS(=O)(=O)Cl)C1. The van der Waals surface area contributed by atoms with Crippen LogP contribution in [0.3, 0.4) is 0 Å². The zero-order chi connectivity index (χ0) is 9.41. The van der Waals surface area contributed by atoms with Crippen LogP contribution in [0.25, 0.3) is 0 Å². The lowest BCUT2D eigenvalue weighted by Gasteiger charge is -2.12. The molecule has 1 heterocycles. The summed E-state index contributed by atoms with van der Waals surface area (Å²) in [6, 6.07) is 0. The molecule has 0 saturated carbocycles. The van der Waals surface area contributed by atoms with Gasteiger partial charge in [-0.2, -0.15) is 0 Å². The van der Waals surface area contributed by atoms with Gasteiger partial charge in [-0.15, -0.1) is 0 Å². The van der Waals surface area contributed by atoms with Gasteiger partial charge < -0.3 is 4.74 Å². The maximum absolute atomic E-state index is 10.7. The maximum Gasteiger partial charge on any atom is 0.235 e. The number of ether oxygens (including phenoxy) is 1. The van der Waals surface area contributed by atoms with Crippen molar-refractivity contribution in [3.8, 4) is 0 Å². The molecule has 0 amide bonds. The number of hydrogen-bond acceptors (Lipinski definition) is 3. The zero-order valence-electron chi connectivity index (χ0n) is 7.21. The fourth-order valence-corrected chi connectivity index (χ4v) is 2.49. The summed E-state index contributed by atoms with van der Waals surface area (Å²) in [6.07, 6.45) is 0.543. The fraction of sp³-hybridized carbons (Fsp3) is 1.00. The first-order valence-electron chi connectivity index (χ1n) is 3.82. The molecule has 12 heavy (non-hydrogen) atoms. The Labute approximate surface area is 77.5 Å². The fourth-order valence-electron chi connectivity index (χ4n) is 1.41. The smallest absolute Gasteiger partial charge is 0.235 e. The molecule has 1 aliphatic heterocycles. The number of hydrogen-bond donors (Lipinski definition) is 0. The Bertz CT molecular complexity index is 258. The second-order valence-corrected chi connectivity index (χ2v) is 6.83. The van der Waals surface area contributed by atoms with E-state index in [0.29, 0.717) is 6.61 Å². The lowest BCUT2D eigenvalue weighted by Crippen LogP contribution is -2.17. The van der Waals surface area contributed by atoms with E-state index >= 15 is 0 Å². The minimum atomic E-state index is -3.41. The third-order valence-corrected chi connectivity index (χ3v) is 3.02. The van der Waals surface area contributed by atoms with E-state index in [0.717, 1.165) is 6.42 Å². The van der Waals surface area contributed by atoms with E-state index in [4.69, 9.17) is 15.4 Å². The van der Waals surface area contributed by atoms with Crippen LogP contribution in [0.5, 0.6) is 0 Å². The highest BCUT2D eigenvalue weighted by molar-refractivity contribution is 8.13. The Morgan fingerprint density at radius 3 is 2.50 bits per heavy atom. The van der Waals surface area contributed by atoms with Crippen molar-refractivity contribution >= 4 is 19.7 Å². The van der Waals surface area contributed by atoms with E-state index in [-0.39, 0.29) is 17.3 Å². The Kier molecular flexibility index (Phi) is 2.71. The minimum absolute atomic E-state index is 0.0714. The lowest BCUT2D eigenvalue weighted by atomic mass is 9.91. The second kappa shape index (κ2) is 3.16. The first-order valence-corrected chi connectivity index (χ1v) is 6.30. The summed E-state index contributed by atoms with van der Waals surface area (Å²) in [4.78, 5) is 0. The second-order valence-electron chi connectivity index (χ2n) is 4.01. The van der Waals surface area contributed by atoms with Crippen molar-refractivity contribution in [3.05, 3.63) is 0 Å². The number of halogens is 1. The molecule has 0 aliphatic carbocycles. The molecule has 0 aromatic heterocycles. The van der Waals surface area contributed by atoms with Crippen LogP contribution in [-0.2, 0) is 13.8 Å². The summed E-state index contributed by atoms with van der Waals surface area (Å²) in [5, 5.41) is 0. The molecule has 0 spiro atoms. The maximum atomic E-state index is 10.7. The zero-order valence-corrected chi connectivity index (χ0v) is 8.78. The molecular formula is C7H13ClO3S. The first-order chi connectivity index (χ1) is 5.29. The van der Waals surface area contributed by atoms with E-state index in [9.17, 15) is 8.42 Å². The van der Waals surface area contributed by atoms with Crippen molar-refractivity contribution in [2.24, 2.45) is 5.41 Å². The minimum Gasteiger partial charge on any atom is -0.377 e. The van der Waals surface area contributed by atoms with Gasteiger partial charge in [0.05, 0.1) is 18.5 Å². The van der Waals surface area contributed by atoms with Crippen molar-refractivity contribution in [2.75, 3.05) is 12.4 Å². The van der Waals surface area contributed by atoms with Crippen molar-refractivity contribution in [2.45, 2.75) is 26.4 Å². The lowest BCUT2D eigenvalue weighted by molar-refractivity contribution is 0.113. The molecule has 1 saturated heterocycles. The highest BCUT2D eigenvalue weighted by Gasteiger charge is 2.34. The Hall–Kier alpha value is 0.200. The van der Waals surface area contributed by atoms with Crippen LogP contribution < -0.4 is 0 Å². The van der Waals surface area contributed by atoms with E-state index in [1.807, 2.05) is 13.8 Å². The van der Waals surface area contributed by atoms with Gasteiger partial charge in [-0.05, 0) is 11.8 Å². The Balaban J connectivity index is 2.49. The van der Waals surface area contributed by atoms with Gasteiger partial charge >= 0.3 is 0 Å². The van der Waals surface area contributed by atoms with Gasteiger partial charge in [0, 0.05) is 10.7 Å². The first kappa shape index (κ1) is 10.3. The summed E-state index contributed by atoms with van der Waals surface area (Å²) in [6.45, 7) is 4.71. The van der Waals surface area contributed by atoms with Crippen LogP contribution >= 0.6 is 10.7 Å². The van der Waals surface area contributed by atoms with Gasteiger partial charge in [0.1, 0.15) is 0 Å². The molecule has 1 rings (SSSR count). The molecule has 0 bridgehead atoms. The van der Waals surface area contributed by atoms with Crippen LogP contribution in [0.4, 0.5) is 0 Å². The molecular weight excluding hydrogens is 200 g/mol. The van der Waals surface area contributed by atoms with Crippen LogP contribution in [0.1, 0.15) is 20.3 Å². The van der Waals surface area contributed by atoms with Crippen molar-refractivity contribution < 1.29 is 13.2 Å². The quantitative estimate of drug-likeness (QED) is 0.650. The molecule has 1 aliphatic rings. The Morgan fingerprint density at radius 2 is 2.17 bits per heavy atom. The van der Waals surface area contributed by atoms with Gasteiger partial charge in [-0.1, -0.05) is 13.8 Å². The molecule has 0 radical (unpaired) electrons. The van der Waals surface area contributed by atoms with Gasteiger partial charge in [0.25, 0.3) is 0 Å². The molecule has 1 fully saturated rings. The highest BCUT2D eigenvalue weighted by atomic mass is 35.7. The third kappa shape index (κ3) is 3.29. The highest BCUT2D eigenvalue weighted by Crippen LogP contribution is 2.32. The van der Waals surface area contributed by atoms with Crippen molar-refractivity contribution in [1.29, 1.82) is 0 Å². The third-order valence-electron chi connectivity index (χ3n) is 1.87. The summed E-state index contributed by atoms with van der Waals surface area (Å²) in [7, 11) is 1.69. The molecule has 0 aromatic rings. The topological polar surface area (TPSA) is 43.4 Å². The van der Waals surface area contributed by atoms with E-state index in [2.05, 4.69) is 0 Å². The Morgan fingerprint density at radius 1 is 1.58 bits per heavy atom. The monoisotopic (exact) mass is 212 g/mol. The summed E-state index contributed by atoms with van der Waals surface area (Å²) < 4.78 is 26.6. The molecule has 0 aromatic carbocycles. The normalized spacial score (nSPS) is 29.1. The summed E-state index contributed by atoms with van der Waals surface area (Å²) in [5.41, 5.74) is 0.0895. The van der Waals surface area contributed by atoms with Crippen molar-refractivity contribution in [3.63, 3.8) is 0 Å². The van der Waals surface area contributed by atoms with Crippen LogP contribution in [-0.4, -0.2) is 26.9 Å². The largest absolute Gasteiger partial charge is 0.377 e. The van der Waals surface area contributed by atoms with E-state index in [1.54, 1.807) is 0 Å².